The zero-order valence-electron chi connectivity index (χ0n) is 11.3. The molecule has 0 amide bonds. The van der Waals surface area contributed by atoms with Crippen molar-refractivity contribution in [1.82, 2.24) is 10.6 Å². The van der Waals surface area contributed by atoms with E-state index in [0.29, 0.717) is 17.4 Å². The Labute approximate surface area is 105 Å². The number of hydrogen-bond acceptors (Lipinski definition) is 3. The first-order valence-electron chi connectivity index (χ1n) is 7.25. The van der Waals surface area contributed by atoms with Crippen molar-refractivity contribution in [1.29, 1.82) is 0 Å². The van der Waals surface area contributed by atoms with Gasteiger partial charge in [-0.15, -0.1) is 0 Å². The molecule has 2 fully saturated rings. The van der Waals surface area contributed by atoms with Crippen molar-refractivity contribution in [2.75, 3.05) is 19.6 Å². The van der Waals surface area contributed by atoms with Crippen molar-refractivity contribution in [2.24, 2.45) is 11.3 Å². The summed E-state index contributed by atoms with van der Waals surface area (Å²) < 4.78 is 0. The van der Waals surface area contributed by atoms with Crippen molar-refractivity contribution in [3.05, 3.63) is 0 Å². The first-order chi connectivity index (χ1) is 8.13. The molecule has 3 heteroatoms. The molecule has 1 heterocycles. The van der Waals surface area contributed by atoms with Gasteiger partial charge in [-0.2, -0.15) is 0 Å². The van der Waals surface area contributed by atoms with E-state index < -0.39 is 0 Å². The summed E-state index contributed by atoms with van der Waals surface area (Å²) in [7, 11) is 0. The molecule has 1 aliphatic carbocycles. The Morgan fingerprint density at radius 1 is 1.29 bits per heavy atom. The molecule has 0 aromatic carbocycles. The molecule has 1 saturated heterocycles. The first kappa shape index (κ1) is 13.3. The van der Waals surface area contributed by atoms with Crippen LogP contribution >= 0.6 is 0 Å². The van der Waals surface area contributed by atoms with Gasteiger partial charge in [0.15, 0.2) is 0 Å². The van der Waals surface area contributed by atoms with Gasteiger partial charge in [0.1, 0.15) is 0 Å². The van der Waals surface area contributed by atoms with E-state index >= 15 is 0 Å². The van der Waals surface area contributed by atoms with Gasteiger partial charge in [-0.3, -0.25) is 0 Å². The van der Waals surface area contributed by atoms with E-state index in [2.05, 4.69) is 24.5 Å². The molecule has 2 aliphatic rings. The van der Waals surface area contributed by atoms with Crippen LogP contribution in [-0.2, 0) is 0 Å². The third-order valence-corrected chi connectivity index (χ3v) is 5.02. The van der Waals surface area contributed by atoms with Gasteiger partial charge in [-0.1, -0.05) is 20.3 Å². The zero-order chi connectivity index (χ0) is 12.3. The minimum absolute atomic E-state index is 0.146. The van der Waals surface area contributed by atoms with Crippen LogP contribution in [0.2, 0.25) is 0 Å². The number of aliphatic hydroxyl groups excluding tert-OH is 1. The van der Waals surface area contributed by atoms with Gasteiger partial charge in [0, 0.05) is 31.6 Å². The standard InChI is InChI=1S/C14H28N2O/c1-3-14(2)6-4-12(5-7-14)16-9-11-8-15-10-13(11)17/h11-13,15-17H,3-10H2,1-2H3. The number of hydrogen-bond donors (Lipinski definition) is 3. The molecule has 17 heavy (non-hydrogen) atoms. The number of β-amino-alcohol motifs (C(OH)–C–C–N with tert-alkyl or cyclic N) is 1. The number of nitrogens with one attached hydrogen (secondary N) is 2. The Kier molecular flexibility index (Phi) is 4.45. The van der Waals surface area contributed by atoms with Crippen molar-refractivity contribution in [3.8, 4) is 0 Å². The molecule has 0 bridgehead atoms. The molecule has 2 unspecified atom stereocenters. The van der Waals surface area contributed by atoms with Crippen molar-refractivity contribution >= 4 is 0 Å². The SMILES string of the molecule is CCC1(C)CCC(NCC2CNCC2O)CC1. The number of aliphatic hydroxyl groups is 1. The topological polar surface area (TPSA) is 44.3 Å². The minimum atomic E-state index is -0.146. The van der Waals surface area contributed by atoms with Crippen LogP contribution in [0.5, 0.6) is 0 Å². The van der Waals surface area contributed by atoms with Crippen LogP contribution in [0.4, 0.5) is 0 Å². The summed E-state index contributed by atoms with van der Waals surface area (Å²) in [6, 6.07) is 0.683. The predicted molar refractivity (Wildman–Crippen MR) is 71.0 cm³/mol. The lowest BCUT2D eigenvalue weighted by Crippen LogP contribution is -2.40. The van der Waals surface area contributed by atoms with Crippen LogP contribution in [0, 0.1) is 11.3 Å². The first-order valence-corrected chi connectivity index (χ1v) is 7.25. The Balaban J connectivity index is 1.68. The van der Waals surface area contributed by atoms with E-state index in [1.54, 1.807) is 0 Å². The maximum Gasteiger partial charge on any atom is 0.0716 e. The molecule has 100 valence electrons. The summed E-state index contributed by atoms with van der Waals surface area (Å²) >= 11 is 0. The van der Waals surface area contributed by atoms with E-state index in [1.165, 1.54) is 32.1 Å². The Bertz CT molecular complexity index is 236. The van der Waals surface area contributed by atoms with E-state index in [-0.39, 0.29) is 6.10 Å². The maximum atomic E-state index is 9.74. The van der Waals surface area contributed by atoms with Gasteiger partial charge >= 0.3 is 0 Å². The van der Waals surface area contributed by atoms with Gasteiger partial charge in [0.2, 0.25) is 0 Å². The Hall–Kier alpha value is -0.120. The highest BCUT2D eigenvalue weighted by Gasteiger charge is 2.30. The highest BCUT2D eigenvalue weighted by Crippen LogP contribution is 2.38. The minimum Gasteiger partial charge on any atom is -0.391 e. The highest BCUT2D eigenvalue weighted by atomic mass is 16.3. The van der Waals surface area contributed by atoms with Gasteiger partial charge in [0.05, 0.1) is 6.10 Å². The third kappa shape index (κ3) is 3.43. The van der Waals surface area contributed by atoms with Crippen LogP contribution in [-0.4, -0.2) is 36.9 Å². The summed E-state index contributed by atoms with van der Waals surface area (Å²) in [5, 5.41) is 16.6. The van der Waals surface area contributed by atoms with Crippen molar-refractivity contribution < 1.29 is 5.11 Å². The monoisotopic (exact) mass is 240 g/mol. The third-order valence-electron chi connectivity index (χ3n) is 5.02. The van der Waals surface area contributed by atoms with Gasteiger partial charge in [-0.05, 0) is 31.1 Å². The van der Waals surface area contributed by atoms with Crippen molar-refractivity contribution in [2.45, 2.75) is 58.1 Å². The fraction of sp³-hybridized carbons (Fsp3) is 1.00. The number of rotatable bonds is 4. The smallest absolute Gasteiger partial charge is 0.0716 e. The van der Waals surface area contributed by atoms with Crippen molar-refractivity contribution in [3.63, 3.8) is 0 Å². The molecule has 0 spiro atoms. The summed E-state index contributed by atoms with van der Waals surface area (Å²) in [5.41, 5.74) is 0.590. The summed E-state index contributed by atoms with van der Waals surface area (Å²) in [5.74, 6) is 0.412. The second-order valence-corrected chi connectivity index (χ2v) is 6.33. The van der Waals surface area contributed by atoms with E-state index in [1.807, 2.05) is 0 Å². The molecule has 0 aromatic rings. The summed E-state index contributed by atoms with van der Waals surface area (Å²) in [6.45, 7) is 7.45. The quantitative estimate of drug-likeness (QED) is 0.698. The average molecular weight is 240 g/mol. The molecule has 2 rings (SSSR count). The molecule has 1 saturated carbocycles. The van der Waals surface area contributed by atoms with Crippen LogP contribution in [0.3, 0.4) is 0 Å². The average Bonchev–Trinajstić information content (AvgIpc) is 2.74. The lowest BCUT2D eigenvalue weighted by Gasteiger charge is -2.37. The summed E-state index contributed by atoms with van der Waals surface area (Å²) in [6.07, 6.45) is 6.48. The molecule has 0 radical (unpaired) electrons. The van der Waals surface area contributed by atoms with Crippen LogP contribution in [0.1, 0.15) is 46.0 Å². The maximum absolute atomic E-state index is 9.74. The van der Waals surface area contributed by atoms with Crippen LogP contribution < -0.4 is 10.6 Å². The summed E-state index contributed by atoms with van der Waals surface area (Å²) in [4.78, 5) is 0. The fourth-order valence-electron chi connectivity index (χ4n) is 3.12. The van der Waals surface area contributed by atoms with Crippen LogP contribution in [0.15, 0.2) is 0 Å². The molecular weight excluding hydrogens is 212 g/mol. The lowest BCUT2D eigenvalue weighted by molar-refractivity contribution is 0.135. The molecule has 2 atom stereocenters. The lowest BCUT2D eigenvalue weighted by atomic mass is 9.72. The highest BCUT2D eigenvalue weighted by molar-refractivity contribution is 4.87. The zero-order valence-corrected chi connectivity index (χ0v) is 11.3. The van der Waals surface area contributed by atoms with Gasteiger partial charge in [-0.25, -0.2) is 0 Å². The molecule has 1 aliphatic heterocycles. The second kappa shape index (κ2) is 5.68. The van der Waals surface area contributed by atoms with E-state index in [9.17, 15) is 5.11 Å². The Morgan fingerprint density at radius 2 is 2.00 bits per heavy atom. The Morgan fingerprint density at radius 3 is 2.53 bits per heavy atom. The van der Waals surface area contributed by atoms with E-state index in [0.717, 1.165) is 19.6 Å². The van der Waals surface area contributed by atoms with E-state index in [4.69, 9.17) is 0 Å². The van der Waals surface area contributed by atoms with Gasteiger partial charge in [0.25, 0.3) is 0 Å². The molecule has 3 N–H and O–H groups in total. The van der Waals surface area contributed by atoms with Gasteiger partial charge < -0.3 is 15.7 Å². The molecule has 0 aromatic heterocycles. The van der Waals surface area contributed by atoms with Crippen LogP contribution in [0.25, 0.3) is 0 Å². The molecule has 3 nitrogen and oxygen atoms in total. The second-order valence-electron chi connectivity index (χ2n) is 6.33. The largest absolute Gasteiger partial charge is 0.391 e. The fourth-order valence-corrected chi connectivity index (χ4v) is 3.12. The normalized spacial score (nSPS) is 42.9. The predicted octanol–water partition coefficient (Wildman–Crippen LogP) is 1.52. The molecular formula is C14H28N2O.